The van der Waals surface area contributed by atoms with Crippen molar-refractivity contribution in [1.82, 2.24) is 0 Å². The van der Waals surface area contributed by atoms with Crippen molar-refractivity contribution in [3.8, 4) is 0 Å². The zero-order valence-electron chi connectivity index (χ0n) is 6.59. The van der Waals surface area contributed by atoms with Crippen molar-refractivity contribution in [1.29, 1.82) is 0 Å². The Morgan fingerprint density at radius 2 is 1.82 bits per heavy atom. The average Bonchev–Trinajstić information content (AvgIpc) is 2.05. The van der Waals surface area contributed by atoms with Crippen LogP contribution in [0.3, 0.4) is 0 Å². The molecule has 0 aromatic heterocycles. The molecule has 1 aliphatic rings. The third kappa shape index (κ3) is 0.777. The highest BCUT2D eigenvalue weighted by molar-refractivity contribution is 6.47. The number of benzene rings is 1. The van der Waals surface area contributed by atoms with Gasteiger partial charge in [-0.05, 0) is 39.1 Å². The fraction of sp³-hybridized carbons (Fsp3) is 0.100. The first-order valence-corrected chi connectivity index (χ1v) is 4.59. The Hall–Kier alpha value is -0.953. The molecule has 0 unspecified atom stereocenters. The zero-order chi connectivity index (χ0) is 7.84. The highest BCUT2D eigenvalue weighted by atomic mass is 28.1. The lowest BCUT2D eigenvalue weighted by atomic mass is 9.82. The van der Waals surface area contributed by atoms with E-state index in [2.05, 4.69) is 36.9 Å². The summed E-state index contributed by atoms with van der Waals surface area (Å²) in [7, 11) is 1.91. The summed E-state index contributed by atoms with van der Waals surface area (Å²) < 4.78 is 0. The Morgan fingerprint density at radius 3 is 2.45 bits per heavy atom. The van der Waals surface area contributed by atoms with Gasteiger partial charge in [-0.25, -0.2) is 0 Å². The first-order chi connectivity index (χ1) is 5.34. The largest absolute Gasteiger partial charge is 0.0804 e. The number of allylic oxidation sites excluding steroid dienone is 2. The van der Waals surface area contributed by atoms with E-state index >= 15 is 0 Å². The predicted molar refractivity (Wildman–Crippen MR) is 53.5 cm³/mol. The molecule has 2 rings (SSSR count). The van der Waals surface area contributed by atoms with E-state index in [1.807, 2.05) is 9.85 Å². The molecule has 0 N–H and O–H groups in total. The van der Waals surface area contributed by atoms with Crippen molar-refractivity contribution >= 4 is 26.7 Å². The molecule has 0 saturated carbocycles. The summed E-state index contributed by atoms with van der Waals surface area (Å²) in [5.41, 5.74) is 7.91. The highest BCUT2D eigenvalue weighted by Crippen LogP contribution is 2.37. The normalized spacial score (nSPS) is 13.9. The van der Waals surface area contributed by atoms with Crippen LogP contribution in [0.4, 0.5) is 0 Å². The van der Waals surface area contributed by atoms with Gasteiger partial charge in [0.2, 0.25) is 0 Å². The summed E-state index contributed by atoms with van der Waals surface area (Å²) in [4.78, 5) is 0. The predicted octanol–water partition coefficient (Wildman–Crippen LogP) is 1.37. The van der Waals surface area contributed by atoms with Crippen molar-refractivity contribution in [2.45, 2.75) is 6.92 Å². The zero-order valence-corrected chi connectivity index (χ0v) is 8.01. The molecule has 0 spiro atoms. The van der Waals surface area contributed by atoms with Crippen LogP contribution in [0.5, 0.6) is 0 Å². The minimum absolute atomic E-state index is 1.42. The van der Waals surface area contributed by atoms with Crippen molar-refractivity contribution in [2.75, 3.05) is 0 Å². The van der Waals surface area contributed by atoms with E-state index in [4.69, 9.17) is 0 Å². The van der Waals surface area contributed by atoms with E-state index in [0.29, 0.717) is 0 Å². The fourth-order valence-electron chi connectivity index (χ4n) is 1.59. The van der Waals surface area contributed by atoms with Crippen LogP contribution in [0.1, 0.15) is 18.1 Å². The molecule has 0 amide bonds. The lowest BCUT2D eigenvalue weighted by Gasteiger charge is -2.22. The smallest absolute Gasteiger partial charge is 0.0110 e. The van der Waals surface area contributed by atoms with Gasteiger partial charge in [-0.3, -0.25) is 0 Å². The molecule has 0 heterocycles. The molecule has 0 radical (unpaired) electrons. The van der Waals surface area contributed by atoms with Crippen molar-refractivity contribution in [3.63, 3.8) is 0 Å². The number of fused-ring (bicyclic) bond motifs is 1. The molecule has 11 heavy (non-hydrogen) atoms. The minimum Gasteiger partial charge on any atom is -0.0804 e. The number of rotatable bonds is 1. The quantitative estimate of drug-likeness (QED) is 0.541. The van der Waals surface area contributed by atoms with Gasteiger partial charge in [-0.15, -0.1) is 0 Å². The van der Waals surface area contributed by atoms with Gasteiger partial charge in [-0.1, -0.05) is 29.9 Å². The monoisotopic (exact) mass is 158 g/mol. The maximum absolute atomic E-state index is 2.21. The van der Waals surface area contributed by atoms with E-state index in [0.717, 1.165) is 0 Å². The molecule has 0 fully saturated rings. The van der Waals surface area contributed by atoms with E-state index in [1.165, 1.54) is 22.3 Å². The summed E-state index contributed by atoms with van der Waals surface area (Å²) in [6, 6.07) is 8.55. The molecule has 1 heteroatoms. The molecular weight excluding hydrogens is 148 g/mol. The summed E-state index contributed by atoms with van der Waals surface area (Å²) in [6.07, 6.45) is 0. The van der Waals surface area contributed by atoms with Gasteiger partial charge in [0.25, 0.3) is 0 Å². The molecule has 0 bridgehead atoms. The summed E-state index contributed by atoms with van der Waals surface area (Å²) in [5.74, 6) is 0. The summed E-state index contributed by atoms with van der Waals surface area (Å²) in [5, 5.41) is 0. The van der Waals surface area contributed by atoms with Crippen LogP contribution in [-0.4, -0.2) is 15.5 Å². The topological polar surface area (TPSA) is 0 Å². The lowest BCUT2D eigenvalue weighted by molar-refractivity contribution is 1.47. The summed E-state index contributed by atoms with van der Waals surface area (Å²) in [6.45, 7) is 2.18. The lowest BCUT2D eigenvalue weighted by Crippen LogP contribution is -2.04. The van der Waals surface area contributed by atoms with Crippen LogP contribution in [0.25, 0.3) is 11.1 Å². The van der Waals surface area contributed by atoms with E-state index in [-0.39, 0.29) is 0 Å². The van der Waals surface area contributed by atoms with Crippen molar-refractivity contribution < 1.29 is 0 Å². The Bertz CT molecular complexity index is 348. The minimum atomic E-state index is 1.42. The maximum atomic E-state index is 2.21. The van der Waals surface area contributed by atoms with Crippen LogP contribution in [0.2, 0.25) is 0 Å². The van der Waals surface area contributed by atoms with Crippen LogP contribution >= 0.6 is 0 Å². The van der Waals surface area contributed by atoms with Gasteiger partial charge in [0.05, 0.1) is 0 Å². The van der Waals surface area contributed by atoms with E-state index in [1.54, 1.807) is 0 Å². The average molecular weight is 158 g/mol. The number of hydrogen-bond acceptors (Lipinski definition) is 0. The molecule has 0 aliphatic heterocycles. The van der Waals surface area contributed by atoms with Gasteiger partial charge in [0, 0.05) is 0 Å². The maximum Gasteiger partial charge on any atom is -0.0110 e. The van der Waals surface area contributed by atoms with Gasteiger partial charge < -0.3 is 0 Å². The van der Waals surface area contributed by atoms with Crippen molar-refractivity contribution in [2.24, 2.45) is 0 Å². The van der Waals surface area contributed by atoms with Gasteiger partial charge in [0.15, 0.2) is 0 Å². The second-order valence-electron chi connectivity index (χ2n) is 2.79. The van der Waals surface area contributed by atoms with Crippen molar-refractivity contribution in [3.05, 3.63) is 35.4 Å². The van der Waals surface area contributed by atoms with Gasteiger partial charge >= 0.3 is 0 Å². The molecule has 1 aromatic rings. The molecule has 0 atom stereocenters. The summed E-state index contributed by atoms with van der Waals surface area (Å²) >= 11 is 0. The third-order valence-electron chi connectivity index (χ3n) is 2.23. The Balaban J connectivity index is 2.59. The molecule has 1 aromatic carbocycles. The standard InChI is InChI=1S/C10H10Si/c1-7-8-4-2-3-5-9(8)10(7)6-11/h2-6H,11H2,1H3. The first-order valence-electron chi connectivity index (χ1n) is 3.77. The molecule has 0 saturated heterocycles. The van der Waals surface area contributed by atoms with Crippen LogP contribution in [-0.2, 0) is 0 Å². The van der Waals surface area contributed by atoms with E-state index in [9.17, 15) is 0 Å². The molecule has 1 aliphatic carbocycles. The van der Waals surface area contributed by atoms with E-state index < -0.39 is 0 Å². The second-order valence-corrected chi connectivity index (χ2v) is 3.20. The SMILES string of the molecule is CC1=C(C=[SiH2])c2ccccc21. The van der Waals surface area contributed by atoms with Gasteiger partial charge in [-0.2, -0.15) is 0 Å². The fourth-order valence-corrected chi connectivity index (χ4v) is 2.12. The highest BCUT2D eigenvalue weighted by Gasteiger charge is 2.17. The van der Waals surface area contributed by atoms with Crippen LogP contribution < -0.4 is 0 Å². The van der Waals surface area contributed by atoms with Crippen LogP contribution in [0, 0.1) is 0 Å². The Morgan fingerprint density at radius 1 is 1.18 bits per heavy atom. The molecular formula is C10H10Si. The van der Waals surface area contributed by atoms with Gasteiger partial charge in [0.1, 0.15) is 0 Å². The molecule has 0 nitrogen and oxygen atoms in total. The Labute approximate surface area is 69.6 Å². The number of hydrogen-bond donors (Lipinski definition) is 0. The third-order valence-corrected chi connectivity index (χ3v) is 2.64. The molecule has 54 valence electrons. The second kappa shape index (κ2) is 2.27. The van der Waals surface area contributed by atoms with Crippen LogP contribution in [0.15, 0.2) is 24.3 Å². The Kier molecular flexibility index (Phi) is 1.39. The first kappa shape index (κ1) is 6.74.